The molecule has 1 aliphatic rings. The molecule has 7 nitrogen and oxygen atoms in total. The maximum Gasteiger partial charge on any atom is 0.222 e. The molecule has 110 valence electrons. The quantitative estimate of drug-likeness (QED) is 0.846. The lowest BCUT2D eigenvalue weighted by molar-refractivity contribution is 0.193. The van der Waals surface area contributed by atoms with Crippen LogP contribution in [0.25, 0.3) is 0 Å². The van der Waals surface area contributed by atoms with Crippen LogP contribution >= 0.6 is 0 Å². The Balaban J connectivity index is 1.62. The van der Waals surface area contributed by atoms with Gasteiger partial charge < -0.3 is 15.8 Å². The summed E-state index contributed by atoms with van der Waals surface area (Å²) in [7, 11) is 0. The van der Waals surface area contributed by atoms with Gasteiger partial charge in [0.05, 0.1) is 18.0 Å². The number of ether oxygens (including phenoxy) is 1. The van der Waals surface area contributed by atoms with Crippen LogP contribution in [-0.2, 0) is 11.2 Å². The summed E-state index contributed by atoms with van der Waals surface area (Å²) in [6, 6.07) is 1.95. The Hall–Kier alpha value is -2.28. The molecule has 0 aliphatic carbocycles. The van der Waals surface area contributed by atoms with Gasteiger partial charge in [0.2, 0.25) is 5.95 Å². The summed E-state index contributed by atoms with van der Waals surface area (Å²) in [6.45, 7) is 2.20. The number of hydrogen-bond acceptors (Lipinski definition) is 7. The molecule has 0 bridgehead atoms. The predicted octanol–water partition coefficient (Wildman–Crippen LogP) is 1.01. The van der Waals surface area contributed by atoms with E-state index in [2.05, 4.69) is 25.3 Å². The first-order valence-corrected chi connectivity index (χ1v) is 7.02. The van der Waals surface area contributed by atoms with Gasteiger partial charge in [-0.1, -0.05) is 0 Å². The number of nitrogens with two attached hydrogens (primary N) is 1. The zero-order valence-corrected chi connectivity index (χ0v) is 11.7. The molecule has 3 N–H and O–H groups in total. The van der Waals surface area contributed by atoms with Gasteiger partial charge in [-0.2, -0.15) is 4.98 Å². The minimum Gasteiger partial charge on any atom is -0.381 e. The maximum absolute atomic E-state index is 5.78. The lowest BCUT2D eigenvalue weighted by atomic mass is 10.0. The number of nitrogens with one attached hydrogen (secondary N) is 1. The molecule has 0 radical (unpaired) electrons. The van der Waals surface area contributed by atoms with Crippen molar-refractivity contribution < 1.29 is 4.74 Å². The fourth-order valence-electron chi connectivity index (χ4n) is 2.33. The Labute approximate surface area is 123 Å². The summed E-state index contributed by atoms with van der Waals surface area (Å²) in [4.78, 5) is 16.8. The zero-order valence-electron chi connectivity index (χ0n) is 11.7. The molecule has 3 heterocycles. The average molecular weight is 286 g/mol. The molecule has 21 heavy (non-hydrogen) atoms. The summed E-state index contributed by atoms with van der Waals surface area (Å²) < 4.78 is 5.39. The van der Waals surface area contributed by atoms with Crippen LogP contribution < -0.4 is 11.1 Å². The van der Waals surface area contributed by atoms with E-state index in [1.54, 1.807) is 18.6 Å². The smallest absolute Gasteiger partial charge is 0.222 e. The molecule has 1 saturated heterocycles. The first-order chi connectivity index (χ1) is 10.3. The zero-order chi connectivity index (χ0) is 14.5. The van der Waals surface area contributed by atoms with Crippen LogP contribution in [0.5, 0.6) is 0 Å². The summed E-state index contributed by atoms with van der Waals surface area (Å²) in [5, 5.41) is 3.26. The number of anilines is 2. The summed E-state index contributed by atoms with van der Waals surface area (Å²) in [5.74, 6) is 1.35. The minimum atomic E-state index is 0.293. The summed E-state index contributed by atoms with van der Waals surface area (Å²) in [6.07, 6.45) is 6.88. The van der Waals surface area contributed by atoms with E-state index in [9.17, 15) is 0 Å². The number of nitrogens with zero attached hydrogens (tertiary/aromatic N) is 4. The van der Waals surface area contributed by atoms with Crippen molar-refractivity contribution in [3.63, 3.8) is 0 Å². The maximum atomic E-state index is 5.78. The largest absolute Gasteiger partial charge is 0.381 e. The Morgan fingerprint density at radius 1 is 1.33 bits per heavy atom. The minimum absolute atomic E-state index is 0.293. The van der Waals surface area contributed by atoms with Crippen molar-refractivity contribution in [3.8, 4) is 0 Å². The van der Waals surface area contributed by atoms with Gasteiger partial charge in [0.1, 0.15) is 5.82 Å². The third-order valence-electron chi connectivity index (χ3n) is 3.42. The van der Waals surface area contributed by atoms with Crippen molar-refractivity contribution in [1.29, 1.82) is 0 Å². The molecular weight excluding hydrogens is 268 g/mol. The van der Waals surface area contributed by atoms with E-state index in [-0.39, 0.29) is 0 Å². The van der Waals surface area contributed by atoms with Crippen molar-refractivity contribution >= 4 is 11.8 Å². The van der Waals surface area contributed by atoms with Crippen LogP contribution in [0.15, 0.2) is 24.7 Å². The molecule has 2 aromatic rings. The van der Waals surface area contributed by atoms with Crippen LogP contribution in [0.2, 0.25) is 0 Å². The second kappa shape index (κ2) is 6.45. The van der Waals surface area contributed by atoms with E-state index >= 15 is 0 Å². The van der Waals surface area contributed by atoms with Crippen molar-refractivity contribution in [3.05, 3.63) is 36.0 Å². The molecule has 0 saturated carbocycles. The highest BCUT2D eigenvalue weighted by molar-refractivity contribution is 5.41. The number of rotatable bonds is 5. The van der Waals surface area contributed by atoms with E-state index in [1.165, 1.54) is 0 Å². The predicted molar refractivity (Wildman–Crippen MR) is 78.8 cm³/mol. The van der Waals surface area contributed by atoms with E-state index in [0.717, 1.165) is 43.2 Å². The van der Waals surface area contributed by atoms with Crippen molar-refractivity contribution in [2.24, 2.45) is 0 Å². The molecule has 3 rings (SSSR count). The first kappa shape index (κ1) is 13.7. The normalized spacial score (nSPS) is 17.8. The van der Waals surface area contributed by atoms with Gasteiger partial charge in [0.15, 0.2) is 0 Å². The van der Waals surface area contributed by atoms with Crippen molar-refractivity contribution in [1.82, 2.24) is 19.9 Å². The highest BCUT2D eigenvalue weighted by Gasteiger charge is 2.20. The molecule has 0 aromatic carbocycles. The molecule has 1 fully saturated rings. The number of hydrogen-bond donors (Lipinski definition) is 2. The van der Waals surface area contributed by atoms with Gasteiger partial charge in [0, 0.05) is 50.1 Å². The Morgan fingerprint density at radius 3 is 3.05 bits per heavy atom. The Kier molecular flexibility index (Phi) is 4.20. The van der Waals surface area contributed by atoms with E-state index in [4.69, 9.17) is 10.5 Å². The monoisotopic (exact) mass is 286 g/mol. The second-order valence-electron chi connectivity index (χ2n) is 4.97. The van der Waals surface area contributed by atoms with Crippen LogP contribution in [0, 0.1) is 0 Å². The Morgan fingerprint density at radius 2 is 2.29 bits per heavy atom. The summed E-state index contributed by atoms with van der Waals surface area (Å²) in [5.41, 5.74) is 7.67. The molecule has 0 unspecified atom stereocenters. The highest BCUT2D eigenvalue weighted by atomic mass is 16.5. The van der Waals surface area contributed by atoms with Crippen LogP contribution in [0.1, 0.15) is 23.7 Å². The van der Waals surface area contributed by atoms with Crippen LogP contribution in [0.4, 0.5) is 11.8 Å². The van der Waals surface area contributed by atoms with Gasteiger partial charge >= 0.3 is 0 Å². The number of aromatic nitrogens is 4. The highest BCUT2D eigenvalue weighted by Crippen LogP contribution is 2.25. The molecule has 1 atom stereocenters. The third-order valence-corrected chi connectivity index (χ3v) is 3.42. The molecule has 0 amide bonds. The molecule has 0 spiro atoms. The number of nitrogen functional groups attached to an aromatic ring is 1. The average Bonchev–Trinajstić information content (AvgIpc) is 3.02. The second-order valence-corrected chi connectivity index (χ2v) is 4.97. The Bertz CT molecular complexity index is 585. The van der Waals surface area contributed by atoms with E-state index < -0.39 is 0 Å². The van der Waals surface area contributed by atoms with Crippen LogP contribution in [-0.4, -0.2) is 39.7 Å². The van der Waals surface area contributed by atoms with Gasteiger partial charge in [-0.15, -0.1) is 0 Å². The van der Waals surface area contributed by atoms with Crippen LogP contribution in [0.3, 0.4) is 0 Å². The van der Waals surface area contributed by atoms with Gasteiger partial charge in [-0.3, -0.25) is 9.97 Å². The molecule has 1 aliphatic heterocycles. The molecule has 7 heteroatoms. The standard InChI is InChI=1S/C14H18N6O/c15-14-19-12(10-2-6-21-9-10)7-13(20-14)18-3-1-11-8-16-4-5-17-11/h4-5,7-8,10H,1-3,6,9H2,(H3,15,18,19,20)/t10-/m0/s1. The SMILES string of the molecule is Nc1nc(NCCc2cnccn2)cc([C@H]2CCOC2)n1. The fourth-order valence-corrected chi connectivity index (χ4v) is 2.33. The first-order valence-electron chi connectivity index (χ1n) is 7.02. The fraction of sp³-hybridized carbons (Fsp3) is 0.429. The topological polar surface area (TPSA) is 98.8 Å². The van der Waals surface area contributed by atoms with Crippen molar-refractivity contribution in [2.75, 3.05) is 30.8 Å². The molecule has 2 aromatic heterocycles. The third kappa shape index (κ3) is 3.63. The lowest BCUT2D eigenvalue weighted by Crippen LogP contribution is -2.11. The lowest BCUT2D eigenvalue weighted by Gasteiger charge is -2.11. The van der Waals surface area contributed by atoms with Gasteiger partial charge in [0.25, 0.3) is 0 Å². The molecular formula is C14H18N6O. The van der Waals surface area contributed by atoms with Gasteiger partial charge in [-0.05, 0) is 6.42 Å². The van der Waals surface area contributed by atoms with E-state index in [1.807, 2.05) is 6.07 Å². The van der Waals surface area contributed by atoms with Crippen molar-refractivity contribution in [2.45, 2.75) is 18.8 Å². The van der Waals surface area contributed by atoms with E-state index in [0.29, 0.717) is 18.5 Å². The summed E-state index contributed by atoms with van der Waals surface area (Å²) >= 11 is 0. The van der Waals surface area contributed by atoms with Gasteiger partial charge in [-0.25, -0.2) is 4.98 Å².